The normalized spacial score (nSPS) is 9.92. The predicted octanol–water partition coefficient (Wildman–Crippen LogP) is 3.03. The zero-order chi connectivity index (χ0) is 19.2. The van der Waals surface area contributed by atoms with Crippen LogP contribution in [-0.2, 0) is 10.0 Å². The van der Waals surface area contributed by atoms with Crippen LogP contribution in [0.1, 0.15) is 5.56 Å². The first-order chi connectivity index (χ1) is 12.4. The summed E-state index contributed by atoms with van der Waals surface area (Å²) >= 11 is 0. The third-order valence-electron chi connectivity index (χ3n) is 3.30. The van der Waals surface area contributed by atoms with Gasteiger partial charge in [0.2, 0.25) is 0 Å². The maximum Gasteiger partial charge on any atom is 0.261 e. The van der Waals surface area contributed by atoms with Gasteiger partial charge in [-0.25, -0.2) is 8.42 Å². The molecule has 0 aliphatic rings. The molecular weight excluding hydrogens is 350 g/mol. The molecule has 2 aromatic rings. The van der Waals surface area contributed by atoms with Crippen LogP contribution in [0.2, 0.25) is 0 Å². The number of nitrogens with one attached hydrogen (secondary N) is 2. The number of aryl methyl sites for hydroxylation is 1. The smallest absolute Gasteiger partial charge is 0.261 e. The summed E-state index contributed by atoms with van der Waals surface area (Å²) in [6.45, 7) is 1.89. The topological polar surface area (TPSA) is 130 Å². The van der Waals surface area contributed by atoms with Crippen molar-refractivity contribution in [3.8, 4) is 18.2 Å². The molecule has 128 valence electrons. The van der Waals surface area contributed by atoms with Crippen molar-refractivity contribution in [1.29, 1.82) is 15.8 Å². The second kappa shape index (κ2) is 7.85. The molecule has 8 heteroatoms. The highest BCUT2D eigenvalue weighted by Gasteiger charge is 2.15. The van der Waals surface area contributed by atoms with Crippen LogP contribution in [0.4, 0.5) is 11.4 Å². The van der Waals surface area contributed by atoms with Crippen LogP contribution >= 0.6 is 0 Å². The SMILES string of the molecule is Cc1ccc(NS(=O)(=O)c2cccc(NC(C#N)=C(C#N)C#N)c2)cc1. The number of rotatable bonds is 5. The Kier molecular flexibility index (Phi) is 5.60. The summed E-state index contributed by atoms with van der Waals surface area (Å²) in [6.07, 6.45) is 0. The Morgan fingerprint density at radius 2 is 1.58 bits per heavy atom. The summed E-state index contributed by atoms with van der Waals surface area (Å²) in [6, 6.07) is 17.5. The number of anilines is 2. The van der Waals surface area contributed by atoms with Crippen LogP contribution in [0, 0.1) is 40.9 Å². The minimum Gasteiger partial charge on any atom is -0.345 e. The van der Waals surface area contributed by atoms with E-state index in [0.29, 0.717) is 5.69 Å². The van der Waals surface area contributed by atoms with Crippen molar-refractivity contribution in [2.45, 2.75) is 11.8 Å². The van der Waals surface area contributed by atoms with E-state index in [1.807, 2.05) is 6.92 Å². The molecule has 0 heterocycles. The van der Waals surface area contributed by atoms with E-state index in [0.717, 1.165) is 5.56 Å². The molecule has 0 aliphatic heterocycles. The average molecular weight is 363 g/mol. The van der Waals surface area contributed by atoms with Crippen molar-refractivity contribution in [2.75, 3.05) is 10.0 Å². The van der Waals surface area contributed by atoms with E-state index >= 15 is 0 Å². The standard InChI is InChI=1S/C18H13N5O2S/c1-13-5-7-15(8-6-13)23-26(24,25)17-4-2-3-16(9-17)22-18(12-21)14(10-19)11-20/h2-9,22-23H,1H3. The largest absolute Gasteiger partial charge is 0.345 e. The van der Waals surface area contributed by atoms with E-state index in [9.17, 15) is 8.42 Å². The number of hydrogen-bond acceptors (Lipinski definition) is 6. The summed E-state index contributed by atoms with van der Waals surface area (Å²) in [4.78, 5) is -0.0316. The predicted molar refractivity (Wildman–Crippen MR) is 95.9 cm³/mol. The maximum atomic E-state index is 12.5. The number of benzene rings is 2. The van der Waals surface area contributed by atoms with Gasteiger partial charge in [0, 0.05) is 11.4 Å². The third kappa shape index (κ3) is 4.39. The Labute approximate surface area is 151 Å². The Balaban J connectivity index is 2.33. The fourth-order valence-electron chi connectivity index (χ4n) is 2.00. The maximum absolute atomic E-state index is 12.5. The van der Waals surface area contributed by atoms with E-state index < -0.39 is 15.6 Å². The molecule has 7 nitrogen and oxygen atoms in total. The van der Waals surface area contributed by atoms with Crippen LogP contribution in [0.3, 0.4) is 0 Å². The van der Waals surface area contributed by atoms with Crippen LogP contribution in [0.25, 0.3) is 0 Å². The molecule has 26 heavy (non-hydrogen) atoms. The summed E-state index contributed by atoms with van der Waals surface area (Å²) in [5.74, 6) is 0. The third-order valence-corrected chi connectivity index (χ3v) is 4.68. The van der Waals surface area contributed by atoms with Crippen LogP contribution < -0.4 is 10.0 Å². The van der Waals surface area contributed by atoms with E-state index in [-0.39, 0.29) is 16.3 Å². The number of nitriles is 3. The van der Waals surface area contributed by atoms with Gasteiger partial charge in [0.05, 0.1) is 4.90 Å². The molecule has 0 radical (unpaired) electrons. The zero-order valence-electron chi connectivity index (χ0n) is 13.7. The Bertz CT molecular complexity index is 1070. The second-order valence-electron chi connectivity index (χ2n) is 5.21. The second-order valence-corrected chi connectivity index (χ2v) is 6.89. The van der Waals surface area contributed by atoms with Gasteiger partial charge in [0.15, 0.2) is 5.57 Å². The highest BCUT2D eigenvalue weighted by molar-refractivity contribution is 7.92. The Morgan fingerprint density at radius 3 is 2.15 bits per heavy atom. The zero-order valence-corrected chi connectivity index (χ0v) is 14.5. The van der Waals surface area contributed by atoms with Crippen molar-refractivity contribution < 1.29 is 8.42 Å². The lowest BCUT2D eigenvalue weighted by molar-refractivity contribution is 0.601. The first-order valence-electron chi connectivity index (χ1n) is 7.31. The Hall–Kier alpha value is -3.80. The molecular formula is C18H13N5O2S. The van der Waals surface area contributed by atoms with E-state index in [2.05, 4.69) is 10.0 Å². The first kappa shape index (κ1) is 18.5. The lowest BCUT2D eigenvalue weighted by atomic mass is 10.2. The number of nitrogens with zero attached hydrogens (tertiary/aromatic N) is 3. The van der Waals surface area contributed by atoms with Crippen molar-refractivity contribution in [3.63, 3.8) is 0 Å². The van der Waals surface area contributed by atoms with Gasteiger partial charge in [0.25, 0.3) is 10.0 Å². The summed E-state index contributed by atoms with van der Waals surface area (Å²) in [5.41, 5.74) is 1.04. The van der Waals surface area contributed by atoms with E-state index in [1.165, 1.54) is 24.3 Å². The van der Waals surface area contributed by atoms with Gasteiger partial charge >= 0.3 is 0 Å². The highest BCUT2D eigenvalue weighted by atomic mass is 32.2. The fraction of sp³-hybridized carbons (Fsp3) is 0.0556. The average Bonchev–Trinajstić information content (AvgIpc) is 2.64. The monoisotopic (exact) mass is 363 g/mol. The summed E-state index contributed by atoms with van der Waals surface area (Å²) in [5, 5.41) is 29.4. The first-order valence-corrected chi connectivity index (χ1v) is 8.79. The van der Waals surface area contributed by atoms with E-state index in [4.69, 9.17) is 15.8 Å². The molecule has 2 aromatic carbocycles. The molecule has 0 saturated heterocycles. The van der Waals surface area contributed by atoms with Crippen molar-refractivity contribution in [1.82, 2.24) is 0 Å². The number of hydrogen-bond donors (Lipinski definition) is 2. The van der Waals surface area contributed by atoms with Gasteiger partial charge in [-0.3, -0.25) is 4.72 Å². The van der Waals surface area contributed by atoms with E-state index in [1.54, 1.807) is 42.5 Å². The molecule has 0 amide bonds. The molecule has 0 atom stereocenters. The minimum absolute atomic E-state index is 0.0316. The number of allylic oxidation sites excluding steroid dienone is 2. The van der Waals surface area contributed by atoms with Crippen LogP contribution in [-0.4, -0.2) is 8.42 Å². The van der Waals surface area contributed by atoms with Crippen LogP contribution in [0.5, 0.6) is 0 Å². The van der Waals surface area contributed by atoms with Gasteiger partial charge in [0.1, 0.15) is 23.9 Å². The van der Waals surface area contributed by atoms with Crippen molar-refractivity contribution >= 4 is 21.4 Å². The molecule has 0 aliphatic carbocycles. The molecule has 0 unspecified atom stereocenters. The quantitative estimate of drug-likeness (QED) is 0.785. The lowest BCUT2D eigenvalue weighted by Gasteiger charge is -2.10. The Morgan fingerprint density at radius 1 is 0.923 bits per heavy atom. The van der Waals surface area contributed by atoms with Gasteiger partial charge in [-0.2, -0.15) is 15.8 Å². The van der Waals surface area contributed by atoms with Gasteiger partial charge < -0.3 is 5.32 Å². The summed E-state index contributed by atoms with van der Waals surface area (Å²) < 4.78 is 27.5. The molecule has 0 spiro atoms. The fourth-order valence-corrected chi connectivity index (χ4v) is 3.11. The molecule has 2 N–H and O–H groups in total. The lowest BCUT2D eigenvalue weighted by Crippen LogP contribution is -2.13. The molecule has 0 fully saturated rings. The van der Waals surface area contributed by atoms with Crippen molar-refractivity contribution in [3.05, 3.63) is 65.4 Å². The van der Waals surface area contributed by atoms with Crippen LogP contribution in [0.15, 0.2) is 64.7 Å². The van der Waals surface area contributed by atoms with Gasteiger partial charge in [-0.1, -0.05) is 23.8 Å². The molecule has 2 rings (SSSR count). The van der Waals surface area contributed by atoms with Crippen molar-refractivity contribution in [2.24, 2.45) is 0 Å². The molecule has 0 bridgehead atoms. The minimum atomic E-state index is -3.84. The highest BCUT2D eigenvalue weighted by Crippen LogP contribution is 2.21. The summed E-state index contributed by atoms with van der Waals surface area (Å²) in [7, 11) is -3.84. The van der Waals surface area contributed by atoms with Gasteiger partial charge in [-0.15, -0.1) is 0 Å². The molecule has 0 saturated carbocycles. The van der Waals surface area contributed by atoms with Gasteiger partial charge in [-0.05, 0) is 37.3 Å². The molecule has 0 aromatic heterocycles. The number of sulfonamides is 1.